The highest BCUT2D eigenvalue weighted by molar-refractivity contribution is 5.65. The second-order valence-corrected chi connectivity index (χ2v) is 9.24. The zero-order valence-corrected chi connectivity index (χ0v) is 15.0. The van der Waals surface area contributed by atoms with Crippen molar-refractivity contribution in [1.29, 1.82) is 0 Å². The highest BCUT2D eigenvalue weighted by Gasteiger charge is 2.71. The Kier molecular flexibility index (Phi) is 2.99. The highest BCUT2D eigenvalue weighted by Crippen LogP contribution is 2.64. The first-order valence-corrected chi connectivity index (χ1v) is 10.2. The summed E-state index contributed by atoms with van der Waals surface area (Å²) in [5, 5.41) is 36.9. The van der Waals surface area contributed by atoms with Gasteiger partial charge in [-0.3, -0.25) is 0 Å². The first-order valence-electron chi connectivity index (χ1n) is 10.2. The quantitative estimate of drug-likeness (QED) is 0.645. The summed E-state index contributed by atoms with van der Waals surface area (Å²) in [6, 6.07) is 1.89. The minimum atomic E-state index is -0.908. The molecular formula is C21H27NO4. The number of nitrogens with one attached hydrogen (secondary N) is 1. The molecule has 1 saturated heterocycles. The monoisotopic (exact) mass is 357 g/mol. The summed E-state index contributed by atoms with van der Waals surface area (Å²) >= 11 is 0. The molecule has 2 saturated carbocycles. The number of aliphatic hydroxyl groups excluding tert-OH is 1. The lowest BCUT2D eigenvalue weighted by molar-refractivity contribution is -0.179. The van der Waals surface area contributed by atoms with Gasteiger partial charge in [0.05, 0.1) is 17.1 Å². The first kappa shape index (κ1) is 15.7. The van der Waals surface area contributed by atoms with Crippen LogP contribution in [0.2, 0.25) is 0 Å². The topological polar surface area (TPSA) is 82.0 Å². The largest absolute Gasteiger partial charge is 0.504 e. The van der Waals surface area contributed by atoms with Crippen molar-refractivity contribution < 1.29 is 20.1 Å². The molecule has 0 aromatic heterocycles. The van der Waals surface area contributed by atoms with Gasteiger partial charge in [-0.05, 0) is 61.8 Å². The summed E-state index contributed by atoms with van der Waals surface area (Å²) < 4.78 is 6.20. The molecule has 2 bridgehead atoms. The lowest BCUT2D eigenvalue weighted by Crippen LogP contribution is -2.76. The average Bonchev–Trinajstić information content (AvgIpc) is 2.91. The van der Waals surface area contributed by atoms with E-state index in [0.717, 1.165) is 31.4 Å². The second kappa shape index (κ2) is 4.94. The van der Waals surface area contributed by atoms with Gasteiger partial charge in [0, 0.05) is 11.6 Å². The van der Waals surface area contributed by atoms with Crippen LogP contribution >= 0.6 is 0 Å². The Balaban J connectivity index is 1.60. The molecule has 140 valence electrons. The van der Waals surface area contributed by atoms with Gasteiger partial charge in [-0.2, -0.15) is 0 Å². The van der Waals surface area contributed by atoms with Crippen LogP contribution in [0.5, 0.6) is 11.5 Å². The van der Waals surface area contributed by atoms with Crippen LogP contribution in [0.1, 0.15) is 55.2 Å². The van der Waals surface area contributed by atoms with Gasteiger partial charge in [-0.15, -0.1) is 0 Å². The van der Waals surface area contributed by atoms with E-state index in [4.69, 9.17) is 4.74 Å². The van der Waals surface area contributed by atoms with E-state index >= 15 is 0 Å². The third-order valence-corrected chi connectivity index (χ3v) is 8.21. The number of phenols is 1. The van der Waals surface area contributed by atoms with Gasteiger partial charge in [-0.25, -0.2) is 0 Å². The van der Waals surface area contributed by atoms with Crippen LogP contribution in [-0.4, -0.2) is 45.7 Å². The summed E-state index contributed by atoms with van der Waals surface area (Å²) in [6.07, 6.45) is 6.46. The maximum atomic E-state index is 11.8. The molecular weight excluding hydrogens is 330 g/mol. The molecule has 5 atom stereocenters. The molecule has 1 aromatic carbocycles. The van der Waals surface area contributed by atoms with Crippen molar-refractivity contribution in [3.63, 3.8) is 0 Å². The number of aliphatic hydroxyl groups is 2. The molecule has 2 aliphatic heterocycles. The summed E-state index contributed by atoms with van der Waals surface area (Å²) in [6.45, 7) is 0.812. The van der Waals surface area contributed by atoms with Crippen LogP contribution in [0, 0.1) is 5.92 Å². The third-order valence-electron chi connectivity index (χ3n) is 8.21. The number of hydrogen-bond acceptors (Lipinski definition) is 5. The summed E-state index contributed by atoms with van der Waals surface area (Å²) in [4.78, 5) is 0. The van der Waals surface area contributed by atoms with Crippen LogP contribution in [0.3, 0.4) is 0 Å². The van der Waals surface area contributed by atoms with E-state index in [2.05, 4.69) is 5.32 Å². The van der Waals surface area contributed by atoms with E-state index in [9.17, 15) is 15.3 Å². The smallest absolute Gasteiger partial charge is 0.165 e. The zero-order chi connectivity index (χ0) is 17.7. The molecule has 6 rings (SSSR count). The molecule has 5 nitrogen and oxygen atoms in total. The fourth-order valence-corrected chi connectivity index (χ4v) is 6.77. The van der Waals surface area contributed by atoms with Crippen molar-refractivity contribution in [3.8, 4) is 11.5 Å². The maximum Gasteiger partial charge on any atom is 0.165 e. The van der Waals surface area contributed by atoms with Crippen molar-refractivity contribution in [1.82, 2.24) is 5.32 Å². The number of aromatic hydroxyl groups is 1. The van der Waals surface area contributed by atoms with Gasteiger partial charge in [0.1, 0.15) is 6.10 Å². The lowest BCUT2D eigenvalue weighted by Gasteiger charge is -2.61. The first-order chi connectivity index (χ1) is 12.5. The Hall–Kier alpha value is -1.30. The molecule has 1 aromatic rings. The van der Waals surface area contributed by atoms with Crippen molar-refractivity contribution in [2.45, 2.75) is 80.6 Å². The zero-order valence-electron chi connectivity index (χ0n) is 15.0. The SMILES string of the molecule is Oc1cc(CC2CCC2)c2c3c1OC1C(O)CC[C@@]4(O)[C@@H](C2)NCC[C@]314. The maximum absolute atomic E-state index is 11.8. The van der Waals surface area contributed by atoms with E-state index in [0.29, 0.717) is 24.5 Å². The number of ether oxygens (including phenoxy) is 1. The highest BCUT2D eigenvalue weighted by atomic mass is 16.5. The number of hydrogen-bond donors (Lipinski definition) is 4. The van der Waals surface area contributed by atoms with Crippen molar-refractivity contribution in [2.24, 2.45) is 5.92 Å². The molecule has 0 radical (unpaired) electrons. The van der Waals surface area contributed by atoms with Crippen LogP contribution in [0.4, 0.5) is 0 Å². The fourth-order valence-electron chi connectivity index (χ4n) is 6.77. The Bertz CT molecular complexity index is 791. The van der Waals surface area contributed by atoms with E-state index in [1.807, 2.05) is 6.07 Å². The van der Waals surface area contributed by atoms with Crippen LogP contribution in [0.25, 0.3) is 0 Å². The molecule has 5 aliphatic rings. The Morgan fingerprint density at radius 2 is 2.08 bits per heavy atom. The van der Waals surface area contributed by atoms with Gasteiger partial charge in [0.25, 0.3) is 0 Å². The van der Waals surface area contributed by atoms with Crippen molar-refractivity contribution >= 4 is 0 Å². The normalized spacial score (nSPS) is 42.8. The minimum absolute atomic E-state index is 0.00187. The molecule has 26 heavy (non-hydrogen) atoms. The molecule has 3 fully saturated rings. The van der Waals surface area contributed by atoms with E-state index in [1.165, 1.54) is 30.4 Å². The van der Waals surface area contributed by atoms with E-state index in [-0.39, 0.29) is 11.8 Å². The molecule has 4 N–H and O–H groups in total. The van der Waals surface area contributed by atoms with Gasteiger partial charge >= 0.3 is 0 Å². The van der Waals surface area contributed by atoms with Crippen LogP contribution < -0.4 is 10.1 Å². The molecule has 3 aliphatic carbocycles. The number of phenolic OH excluding ortho intramolecular Hbond substituents is 1. The molecule has 2 unspecified atom stereocenters. The van der Waals surface area contributed by atoms with Crippen molar-refractivity contribution in [2.75, 3.05) is 6.54 Å². The van der Waals surface area contributed by atoms with Gasteiger partial charge in [-0.1, -0.05) is 19.3 Å². The Morgan fingerprint density at radius 1 is 1.23 bits per heavy atom. The van der Waals surface area contributed by atoms with Gasteiger partial charge in [0.2, 0.25) is 0 Å². The Labute approximate surface area is 153 Å². The predicted molar refractivity (Wildman–Crippen MR) is 95.5 cm³/mol. The number of piperidine rings is 1. The fraction of sp³-hybridized carbons (Fsp3) is 0.714. The number of benzene rings is 1. The lowest BCUT2D eigenvalue weighted by atomic mass is 9.48. The van der Waals surface area contributed by atoms with Crippen LogP contribution in [0.15, 0.2) is 6.07 Å². The molecule has 0 amide bonds. The molecule has 1 spiro atoms. The second-order valence-electron chi connectivity index (χ2n) is 9.24. The minimum Gasteiger partial charge on any atom is -0.504 e. The predicted octanol–water partition coefficient (Wildman–Crippen LogP) is 1.54. The Morgan fingerprint density at radius 3 is 2.85 bits per heavy atom. The third kappa shape index (κ3) is 1.64. The van der Waals surface area contributed by atoms with Crippen LogP contribution in [-0.2, 0) is 18.3 Å². The number of rotatable bonds is 2. The van der Waals surface area contributed by atoms with Gasteiger partial charge < -0.3 is 25.4 Å². The average molecular weight is 357 g/mol. The summed E-state index contributed by atoms with van der Waals surface area (Å²) in [5.74, 6) is 1.43. The summed E-state index contributed by atoms with van der Waals surface area (Å²) in [7, 11) is 0. The standard InChI is InChI=1S/C21H27NO4/c23-14-4-5-21(25)16-10-13-12(8-11-2-1-3-11)9-15(24)18-17(13)20(21,6-7-22-16)19(14)26-18/h9,11,14,16,19,22-25H,1-8,10H2/t14?,16-,19?,20+,21-/m1/s1. The van der Waals surface area contributed by atoms with E-state index < -0.39 is 23.2 Å². The summed E-state index contributed by atoms with van der Waals surface area (Å²) in [5.41, 5.74) is 2.02. The van der Waals surface area contributed by atoms with Crippen molar-refractivity contribution in [3.05, 3.63) is 22.8 Å². The van der Waals surface area contributed by atoms with E-state index in [1.54, 1.807) is 0 Å². The molecule has 5 heteroatoms. The van der Waals surface area contributed by atoms with Gasteiger partial charge in [0.15, 0.2) is 11.5 Å². The molecule has 2 heterocycles.